The lowest BCUT2D eigenvalue weighted by molar-refractivity contribution is 0.766. The van der Waals surface area contributed by atoms with Gasteiger partial charge in [0, 0.05) is 10.2 Å². The van der Waals surface area contributed by atoms with Crippen LogP contribution in [-0.4, -0.2) is 12.5 Å². The van der Waals surface area contributed by atoms with Gasteiger partial charge in [0.15, 0.2) is 5.96 Å². The fraction of sp³-hybridized carbons (Fsp3) is 0.235. The van der Waals surface area contributed by atoms with E-state index in [-0.39, 0.29) is 6.04 Å². The third-order valence-electron chi connectivity index (χ3n) is 3.93. The number of para-hydroxylation sites is 1. The van der Waals surface area contributed by atoms with Crippen LogP contribution in [0.3, 0.4) is 0 Å². The van der Waals surface area contributed by atoms with Gasteiger partial charge in [-0.15, -0.1) is 0 Å². The lowest BCUT2D eigenvalue weighted by Crippen LogP contribution is -2.36. The Morgan fingerprint density at radius 3 is 2.62 bits per heavy atom. The number of nitrogens with zero attached hydrogens (tertiary/aromatic N) is 2. The molecule has 0 saturated carbocycles. The van der Waals surface area contributed by atoms with Crippen molar-refractivity contribution in [3.05, 3.63) is 63.6 Å². The molecule has 21 heavy (non-hydrogen) atoms. The first-order chi connectivity index (χ1) is 10.1. The summed E-state index contributed by atoms with van der Waals surface area (Å²) in [6, 6.07) is 14.9. The van der Waals surface area contributed by atoms with Crippen LogP contribution >= 0.6 is 15.9 Å². The fourth-order valence-electron chi connectivity index (χ4n) is 2.75. The standard InChI is InChI=1S/C17H18BrN3/c1-11-5-3-4-6-15(11)21-16(10-20-17(21)19)13-7-8-14(18)12(2)9-13/h3-9,16H,10H2,1-2H3,(H2,19,20). The zero-order valence-corrected chi connectivity index (χ0v) is 13.8. The molecule has 1 aliphatic rings. The third kappa shape index (κ3) is 2.56. The maximum atomic E-state index is 6.14. The number of guanidine groups is 1. The molecule has 0 spiro atoms. The molecule has 108 valence electrons. The fourth-order valence-corrected chi connectivity index (χ4v) is 3.00. The monoisotopic (exact) mass is 343 g/mol. The highest BCUT2D eigenvalue weighted by Gasteiger charge is 2.29. The second-order valence-electron chi connectivity index (χ2n) is 5.38. The van der Waals surface area contributed by atoms with Gasteiger partial charge in [-0.2, -0.15) is 0 Å². The van der Waals surface area contributed by atoms with Crippen molar-refractivity contribution < 1.29 is 0 Å². The van der Waals surface area contributed by atoms with E-state index in [1.165, 1.54) is 16.7 Å². The minimum atomic E-state index is 0.165. The molecule has 0 radical (unpaired) electrons. The number of hydrogen-bond acceptors (Lipinski definition) is 3. The van der Waals surface area contributed by atoms with Crippen LogP contribution in [0.5, 0.6) is 0 Å². The largest absolute Gasteiger partial charge is 0.369 e. The van der Waals surface area contributed by atoms with Gasteiger partial charge in [-0.3, -0.25) is 4.99 Å². The summed E-state index contributed by atoms with van der Waals surface area (Å²) >= 11 is 3.55. The Labute approximate surface area is 133 Å². The molecular formula is C17H18BrN3. The molecule has 3 rings (SSSR count). The minimum absolute atomic E-state index is 0.165. The number of rotatable bonds is 2. The van der Waals surface area contributed by atoms with Crippen molar-refractivity contribution in [2.24, 2.45) is 10.7 Å². The van der Waals surface area contributed by atoms with Crippen LogP contribution in [0, 0.1) is 13.8 Å². The number of hydrogen-bond donors (Lipinski definition) is 1. The van der Waals surface area contributed by atoms with Crippen LogP contribution in [0.1, 0.15) is 22.7 Å². The highest BCUT2D eigenvalue weighted by atomic mass is 79.9. The molecular weight excluding hydrogens is 326 g/mol. The third-order valence-corrected chi connectivity index (χ3v) is 4.82. The second-order valence-corrected chi connectivity index (χ2v) is 6.23. The Kier molecular flexibility index (Phi) is 3.72. The maximum Gasteiger partial charge on any atom is 0.196 e. The van der Waals surface area contributed by atoms with Gasteiger partial charge in [-0.1, -0.05) is 46.3 Å². The van der Waals surface area contributed by atoms with Gasteiger partial charge in [0.2, 0.25) is 0 Å². The Morgan fingerprint density at radius 1 is 1.14 bits per heavy atom. The maximum absolute atomic E-state index is 6.14. The molecule has 0 aliphatic carbocycles. The van der Waals surface area contributed by atoms with Gasteiger partial charge in [-0.05, 0) is 42.7 Å². The summed E-state index contributed by atoms with van der Waals surface area (Å²) in [6.07, 6.45) is 0. The van der Waals surface area contributed by atoms with Gasteiger partial charge < -0.3 is 10.6 Å². The second kappa shape index (κ2) is 5.53. The highest BCUT2D eigenvalue weighted by molar-refractivity contribution is 9.10. The Balaban J connectivity index is 2.03. The van der Waals surface area contributed by atoms with Crippen LogP contribution in [0.4, 0.5) is 5.69 Å². The molecule has 0 amide bonds. The number of benzene rings is 2. The Hall–Kier alpha value is -1.81. The van der Waals surface area contributed by atoms with Crippen LogP contribution in [0.2, 0.25) is 0 Å². The van der Waals surface area contributed by atoms with E-state index in [0.717, 1.165) is 10.2 Å². The molecule has 0 saturated heterocycles. The van der Waals surface area contributed by atoms with E-state index in [1.54, 1.807) is 0 Å². The van der Waals surface area contributed by atoms with Crippen molar-refractivity contribution in [3.63, 3.8) is 0 Å². The topological polar surface area (TPSA) is 41.6 Å². The van der Waals surface area contributed by atoms with E-state index in [9.17, 15) is 0 Å². The summed E-state index contributed by atoms with van der Waals surface area (Å²) in [4.78, 5) is 6.59. The molecule has 1 heterocycles. The molecule has 2 aromatic rings. The van der Waals surface area contributed by atoms with Gasteiger partial charge in [0.05, 0.1) is 12.6 Å². The molecule has 0 aromatic heterocycles. The lowest BCUT2D eigenvalue weighted by Gasteiger charge is -2.28. The zero-order chi connectivity index (χ0) is 15.0. The molecule has 1 aliphatic heterocycles. The Bertz CT molecular complexity index is 709. The molecule has 3 nitrogen and oxygen atoms in total. The first-order valence-electron chi connectivity index (χ1n) is 6.99. The lowest BCUT2D eigenvalue weighted by atomic mass is 10.0. The predicted octanol–water partition coefficient (Wildman–Crippen LogP) is 3.94. The summed E-state index contributed by atoms with van der Waals surface area (Å²) in [5, 5.41) is 0. The van der Waals surface area contributed by atoms with Crippen LogP contribution in [-0.2, 0) is 0 Å². The molecule has 2 aromatic carbocycles. The van der Waals surface area contributed by atoms with E-state index in [2.05, 4.69) is 70.0 Å². The smallest absolute Gasteiger partial charge is 0.196 e. The number of nitrogens with two attached hydrogens (primary N) is 1. The molecule has 4 heteroatoms. The summed E-state index contributed by atoms with van der Waals surface area (Å²) in [5.74, 6) is 0.592. The first kappa shape index (κ1) is 14.1. The number of halogens is 1. The summed E-state index contributed by atoms with van der Waals surface area (Å²) < 4.78 is 1.13. The molecule has 2 N–H and O–H groups in total. The normalized spacial score (nSPS) is 18.0. The van der Waals surface area contributed by atoms with E-state index in [1.807, 2.05) is 12.1 Å². The van der Waals surface area contributed by atoms with Crippen molar-refractivity contribution >= 4 is 27.6 Å². The van der Waals surface area contributed by atoms with Crippen LogP contribution in [0.15, 0.2) is 51.9 Å². The SMILES string of the molecule is Cc1cc(C2CN=C(N)N2c2ccccc2C)ccc1Br. The number of aryl methyl sites for hydroxylation is 2. The van der Waals surface area contributed by atoms with E-state index in [0.29, 0.717) is 12.5 Å². The average molecular weight is 344 g/mol. The summed E-state index contributed by atoms with van der Waals surface area (Å²) in [5.41, 5.74) is 10.9. The van der Waals surface area contributed by atoms with Crippen molar-refractivity contribution in [1.29, 1.82) is 0 Å². The van der Waals surface area contributed by atoms with Gasteiger partial charge >= 0.3 is 0 Å². The van der Waals surface area contributed by atoms with Crippen molar-refractivity contribution in [3.8, 4) is 0 Å². The molecule has 0 fully saturated rings. The highest BCUT2D eigenvalue weighted by Crippen LogP contribution is 2.34. The molecule has 1 atom stereocenters. The number of anilines is 1. The minimum Gasteiger partial charge on any atom is -0.369 e. The van der Waals surface area contributed by atoms with Crippen molar-refractivity contribution in [2.75, 3.05) is 11.4 Å². The van der Waals surface area contributed by atoms with Crippen molar-refractivity contribution in [1.82, 2.24) is 0 Å². The van der Waals surface area contributed by atoms with Gasteiger partial charge in [0.1, 0.15) is 0 Å². The van der Waals surface area contributed by atoms with Crippen LogP contribution in [0.25, 0.3) is 0 Å². The quantitative estimate of drug-likeness (QED) is 0.897. The van der Waals surface area contributed by atoms with E-state index < -0.39 is 0 Å². The Morgan fingerprint density at radius 2 is 1.90 bits per heavy atom. The average Bonchev–Trinajstić information content (AvgIpc) is 2.84. The first-order valence-corrected chi connectivity index (χ1v) is 7.78. The van der Waals surface area contributed by atoms with Gasteiger partial charge in [0.25, 0.3) is 0 Å². The predicted molar refractivity (Wildman–Crippen MR) is 91.8 cm³/mol. The zero-order valence-electron chi connectivity index (χ0n) is 12.2. The van der Waals surface area contributed by atoms with E-state index in [4.69, 9.17) is 5.73 Å². The van der Waals surface area contributed by atoms with Crippen molar-refractivity contribution in [2.45, 2.75) is 19.9 Å². The molecule has 0 bridgehead atoms. The molecule has 1 unspecified atom stereocenters. The number of aliphatic imine (C=N–C) groups is 1. The summed E-state index contributed by atoms with van der Waals surface area (Å²) in [7, 11) is 0. The van der Waals surface area contributed by atoms with E-state index >= 15 is 0 Å². The van der Waals surface area contributed by atoms with Crippen LogP contribution < -0.4 is 10.6 Å². The summed E-state index contributed by atoms with van der Waals surface area (Å²) in [6.45, 7) is 4.90. The van der Waals surface area contributed by atoms with Gasteiger partial charge in [-0.25, -0.2) is 0 Å².